The first kappa shape index (κ1) is 16.6. The number of aromatic nitrogens is 1. The Balaban J connectivity index is 2.10. The zero-order valence-electron chi connectivity index (χ0n) is 13.3. The summed E-state index contributed by atoms with van der Waals surface area (Å²) in [6.07, 6.45) is 5.94. The molecule has 2 aromatic rings. The van der Waals surface area contributed by atoms with Gasteiger partial charge in [0.25, 0.3) is 0 Å². The third kappa shape index (κ3) is 4.60. The quantitative estimate of drug-likeness (QED) is 0.761. The number of benzene rings is 1. The Morgan fingerprint density at radius 2 is 1.91 bits per heavy atom. The van der Waals surface area contributed by atoms with E-state index < -0.39 is 0 Å². The molecule has 0 spiro atoms. The summed E-state index contributed by atoms with van der Waals surface area (Å²) >= 11 is 1.72. The molecular formula is C18H22N2OS. The molecule has 0 saturated heterocycles. The van der Waals surface area contributed by atoms with Gasteiger partial charge in [-0.1, -0.05) is 12.1 Å². The standard InChI is InChI=1S/C18H22N2OS/c1-14(2)20(13-16-5-4-6-17(11-16)22-3)18(21)12-15-7-9-19-10-8-15/h4-11,14H,12-13H2,1-3H3. The predicted molar refractivity (Wildman–Crippen MR) is 91.9 cm³/mol. The first-order valence-electron chi connectivity index (χ1n) is 7.41. The fourth-order valence-corrected chi connectivity index (χ4v) is 2.79. The minimum Gasteiger partial charge on any atom is -0.336 e. The summed E-state index contributed by atoms with van der Waals surface area (Å²) < 4.78 is 0. The normalized spacial score (nSPS) is 10.7. The summed E-state index contributed by atoms with van der Waals surface area (Å²) in [5, 5.41) is 0. The number of carbonyl (C=O) groups excluding carboxylic acids is 1. The van der Waals surface area contributed by atoms with Crippen LogP contribution >= 0.6 is 11.8 Å². The maximum absolute atomic E-state index is 12.6. The maximum Gasteiger partial charge on any atom is 0.227 e. The van der Waals surface area contributed by atoms with E-state index in [2.05, 4.69) is 43.3 Å². The van der Waals surface area contributed by atoms with Crippen molar-refractivity contribution in [3.8, 4) is 0 Å². The molecule has 3 nitrogen and oxygen atoms in total. The van der Waals surface area contributed by atoms with E-state index in [1.807, 2.05) is 23.1 Å². The van der Waals surface area contributed by atoms with Crippen molar-refractivity contribution >= 4 is 17.7 Å². The lowest BCUT2D eigenvalue weighted by atomic mass is 10.1. The highest BCUT2D eigenvalue weighted by Crippen LogP contribution is 2.18. The second-order valence-electron chi connectivity index (χ2n) is 5.50. The molecule has 0 atom stereocenters. The Kier molecular flexibility index (Phi) is 6.01. The molecule has 1 aromatic heterocycles. The number of nitrogens with zero attached hydrogens (tertiary/aromatic N) is 2. The van der Waals surface area contributed by atoms with Crippen LogP contribution in [0.4, 0.5) is 0 Å². The first-order valence-corrected chi connectivity index (χ1v) is 8.64. The van der Waals surface area contributed by atoms with Crippen LogP contribution in [-0.2, 0) is 17.8 Å². The fourth-order valence-electron chi connectivity index (χ4n) is 2.30. The summed E-state index contributed by atoms with van der Waals surface area (Å²) in [6, 6.07) is 12.3. The smallest absolute Gasteiger partial charge is 0.227 e. The number of rotatable bonds is 6. The average molecular weight is 314 g/mol. The lowest BCUT2D eigenvalue weighted by Gasteiger charge is -2.27. The Labute approximate surface area is 136 Å². The first-order chi connectivity index (χ1) is 10.6. The van der Waals surface area contributed by atoms with E-state index in [-0.39, 0.29) is 11.9 Å². The van der Waals surface area contributed by atoms with Gasteiger partial charge in [-0.3, -0.25) is 9.78 Å². The van der Waals surface area contributed by atoms with E-state index in [1.54, 1.807) is 24.2 Å². The molecular weight excluding hydrogens is 292 g/mol. The highest BCUT2D eigenvalue weighted by Gasteiger charge is 2.17. The number of pyridine rings is 1. The SMILES string of the molecule is CSc1cccc(CN(C(=O)Cc2ccncc2)C(C)C)c1. The molecule has 0 unspecified atom stereocenters. The minimum atomic E-state index is 0.149. The van der Waals surface area contributed by atoms with Gasteiger partial charge in [0.1, 0.15) is 0 Å². The number of hydrogen-bond acceptors (Lipinski definition) is 3. The molecule has 116 valence electrons. The van der Waals surface area contributed by atoms with Crippen LogP contribution in [0.1, 0.15) is 25.0 Å². The molecule has 0 aliphatic heterocycles. The van der Waals surface area contributed by atoms with Crippen LogP contribution in [-0.4, -0.2) is 28.1 Å². The third-order valence-corrected chi connectivity index (χ3v) is 4.26. The fraction of sp³-hybridized carbons (Fsp3) is 0.333. The van der Waals surface area contributed by atoms with Gasteiger partial charge >= 0.3 is 0 Å². The van der Waals surface area contributed by atoms with E-state index in [0.29, 0.717) is 13.0 Å². The van der Waals surface area contributed by atoms with E-state index in [1.165, 1.54) is 10.5 Å². The Hall–Kier alpha value is -1.81. The molecule has 4 heteroatoms. The summed E-state index contributed by atoms with van der Waals surface area (Å²) in [6.45, 7) is 4.77. The van der Waals surface area contributed by atoms with Gasteiger partial charge in [-0.15, -0.1) is 11.8 Å². The van der Waals surface area contributed by atoms with Gasteiger partial charge in [-0.05, 0) is 55.5 Å². The monoisotopic (exact) mass is 314 g/mol. The van der Waals surface area contributed by atoms with Gasteiger partial charge in [0.05, 0.1) is 6.42 Å². The van der Waals surface area contributed by atoms with E-state index >= 15 is 0 Å². The summed E-state index contributed by atoms with van der Waals surface area (Å²) in [4.78, 5) is 19.8. The molecule has 0 N–H and O–H groups in total. The van der Waals surface area contributed by atoms with Crippen molar-refractivity contribution in [3.05, 3.63) is 59.9 Å². The van der Waals surface area contributed by atoms with Crippen LogP contribution in [0.3, 0.4) is 0 Å². The van der Waals surface area contributed by atoms with E-state index in [9.17, 15) is 4.79 Å². The molecule has 0 bridgehead atoms. The maximum atomic E-state index is 12.6. The molecule has 0 saturated carbocycles. The van der Waals surface area contributed by atoms with Crippen LogP contribution in [0, 0.1) is 0 Å². The van der Waals surface area contributed by atoms with Gasteiger partial charge in [0.15, 0.2) is 0 Å². The van der Waals surface area contributed by atoms with Crippen LogP contribution in [0.25, 0.3) is 0 Å². The zero-order chi connectivity index (χ0) is 15.9. The van der Waals surface area contributed by atoms with Crippen LogP contribution in [0.5, 0.6) is 0 Å². The highest BCUT2D eigenvalue weighted by atomic mass is 32.2. The molecule has 0 fully saturated rings. The largest absolute Gasteiger partial charge is 0.336 e. The second-order valence-corrected chi connectivity index (χ2v) is 6.38. The van der Waals surface area contributed by atoms with E-state index in [0.717, 1.165) is 5.56 Å². The topological polar surface area (TPSA) is 33.2 Å². The summed E-state index contributed by atoms with van der Waals surface area (Å²) in [5.74, 6) is 0.149. The van der Waals surface area contributed by atoms with Gasteiger partial charge in [-0.2, -0.15) is 0 Å². The summed E-state index contributed by atoms with van der Waals surface area (Å²) in [7, 11) is 0. The zero-order valence-corrected chi connectivity index (χ0v) is 14.1. The second kappa shape index (κ2) is 7.99. The van der Waals surface area contributed by atoms with Crippen LogP contribution < -0.4 is 0 Å². The van der Waals surface area contributed by atoms with Gasteiger partial charge < -0.3 is 4.90 Å². The molecule has 1 amide bonds. The van der Waals surface area contributed by atoms with Gasteiger partial charge in [0.2, 0.25) is 5.91 Å². The van der Waals surface area contributed by atoms with Crippen molar-refractivity contribution in [2.45, 2.75) is 37.8 Å². The van der Waals surface area contributed by atoms with Gasteiger partial charge in [-0.25, -0.2) is 0 Å². The van der Waals surface area contributed by atoms with Crippen molar-refractivity contribution in [2.75, 3.05) is 6.26 Å². The highest BCUT2D eigenvalue weighted by molar-refractivity contribution is 7.98. The van der Waals surface area contributed by atoms with Crippen molar-refractivity contribution < 1.29 is 4.79 Å². The van der Waals surface area contributed by atoms with E-state index in [4.69, 9.17) is 0 Å². The lowest BCUT2D eigenvalue weighted by molar-refractivity contribution is -0.132. The Bertz CT molecular complexity index is 613. The molecule has 1 heterocycles. The molecule has 0 aliphatic rings. The number of amides is 1. The molecule has 0 aliphatic carbocycles. The van der Waals surface area contributed by atoms with Crippen molar-refractivity contribution in [1.29, 1.82) is 0 Å². The minimum absolute atomic E-state index is 0.149. The van der Waals surface area contributed by atoms with Crippen LogP contribution in [0.2, 0.25) is 0 Å². The van der Waals surface area contributed by atoms with Crippen molar-refractivity contribution in [1.82, 2.24) is 9.88 Å². The lowest BCUT2D eigenvalue weighted by Crippen LogP contribution is -2.37. The van der Waals surface area contributed by atoms with Crippen molar-refractivity contribution in [2.24, 2.45) is 0 Å². The number of carbonyl (C=O) groups is 1. The third-order valence-electron chi connectivity index (χ3n) is 3.54. The Morgan fingerprint density at radius 3 is 2.55 bits per heavy atom. The van der Waals surface area contributed by atoms with Crippen molar-refractivity contribution in [3.63, 3.8) is 0 Å². The van der Waals surface area contributed by atoms with Gasteiger partial charge in [0, 0.05) is 29.9 Å². The predicted octanol–water partition coefficient (Wildman–Crippen LogP) is 3.78. The average Bonchev–Trinajstić information content (AvgIpc) is 2.53. The molecule has 0 radical (unpaired) electrons. The molecule has 1 aromatic carbocycles. The van der Waals surface area contributed by atoms with Crippen LogP contribution in [0.15, 0.2) is 53.7 Å². The number of thioether (sulfide) groups is 1. The number of hydrogen-bond donors (Lipinski definition) is 0. The molecule has 2 rings (SSSR count). The summed E-state index contributed by atoms with van der Waals surface area (Å²) in [5.41, 5.74) is 2.17. The Morgan fingerprint density at radius 1 is 1.18 bits per heavy atom. The molecule has 22 heavy (non-hydrogen) atoms.